The summed E-state index contributed by atoms with van der Waals surface area (Å²) in [7, 11) is -3.71. The van der Waals surface area contributed by atoms with E-state index in [0.29, 0.717) is 58.2 Å². The summed E-state index contributed by atoms with van der Waals surface area (Å²) in [4.78, 5) is 29.4. The molecule has 3 aliphatic rings. The van der Waals surface area contributed by atoms with E-state index in [-0.39, 0.29) is 23.0 Å². The quantitative estimate of drug-likeness (QED) is 0.575. The summed E-state index contributed by atoms with van der Waals surface area (Å²) in [6.45, 7) is 4.21. The number of benzene rings is 1. The van der Waals surface area contributed by atoms with Crippen molar-refractivity contribution in [2.75, 3.05) is 64.0 Å². The molecule has 1 aromatic carbocycles. The minimum Gasteiger partial charge on any atom is -0.452 e. The summed E-state index contributed by atoms with van der Waals surface area (Å²) in [5.41, 5.74) is 0.771. The molecule has 0 saturated carbocycles. The van der Waals surface area contributed by atoms with Crippen LogP contribution in [0.3, 0.4) is 0 Å². The molecule has 1 aromatic rings. The van der Waals surface area contributed by atoms with Crippen LogP contribution in [0.15, 0.2) is 23.1 Å². The van der Waals surface area contributed by atoms with Gasteiger partial charge in [0, 0.05) is 39.3 Å². The van der Waals surface area contributed by atoms with E-state index in [1.54, 1.807) is 17.0 Å². The third-order valence-electron chi connectivity index (χ3n) is 6.53. The summed E-state index contributed by atoms with van der Waals surface area (Å²) in [6.07, 6.45) is 5.70. The van der Waals surface area contributed by atoms with Gasteiger partial charge in [-0.05, 0) is 50.3 Å². The summed E-state index contributed by atoms with van der Waals surface area (Å²) in [5.74, 6) is -0.898. The van der Waals surface area contributed by atoms with Gasteiger partial charge in [0.2, 0.25) is 10.0 Å². The number of nitrogens with zero attached hydrogens (tertiary/aromatic N) is 3. The molecule has 33 heavy (non-hydrogen) atoms. The fourth-order valence-electron chi connectivity index (χ4n) is 4.61. The van der Waals surface area contributed by atoms with Crippen LogP contribution in [-0.4, -0.2) is 88.6 Å². The van der Waals surface area contributed by atoms with Crippen molar-refractivity contribution in [1.82, 2.24) is 9.21 Å². The lowest BCUT2D eigenvalue weighted by Gasteiger charge is -2.31. The Balaban J connectivity index is 1.56. The third kappa shape index (κ3) is 5.67. The van der Waals surface area contributed by atoms with Crippen LogP contribution >= 0.6 is 0 Å². The standard InChI is InChI=1S/C23H33N3O6S/c27-22(25-9-3-1-4-10-25)18-32-23(28)20-17-19(33(29,30)26-11-5-2-6-12-26)7-8-21(20)24-13-15-31-16-14-24/h7-8,17H,1-6,9-16,18H2. The number of amides is 1. The highest BCUT2D eigenvalue weighted by atomic mass is 32.2. The van der Waals surface area contributed by atoms with Crippen molar-refractivity contribution in [1.29, 1.82) is 0 Å². The number of morpholine rings is 1. The van der Waals surface area contributed by atoms with E-state index >= 15 is 0 Å². The second-order valence-corrected chi connectivity index (χ2v) is 10.7. The van der Waals surface area contributed by atoms with Gasteiger partial charge in [0.25, 0.3) is 5.91 Å². The van der Waals surface area contributed by atoms with Crippen LogP contribution < -0.4 is 4.90 Å². The molecule has 10 heteroatoms. The van der Waals surface area contributed by atoms with E-state index in [2.05, 4.69) is 0 Å². The maximum absolute atomic E-state index is 13.2. The Hall–Kier alpha value is -2.17. The lowest BCUT2D eigenvalue weighted by atomic mass is 10.1. The van der Waals surface area contributed by atoms with E-state index < -0.39 is 16.0 Å². The van der Waals surface area contributed by atoms with Crippen molar-refractivity contribution in [2.45, 2.75) is 43.4 Å². The van der Waals surface area contributed by atoms with Crippen molar-refractivity contribution in [2.24, 2.45) is 0 Å². The highest BCUT2D eigenvalue weighted by molar-refractivity contribution is 7.89. The number of anilines is 1. The van der Waals surface area contributed by atoms with E-state index in [9.17, 15) is 18.0 Å². The van der Waals surface area contributed by atoms with E-state index in [4.69, 9.17) is 9.47 Å². The normalized spacial score (nSPS) is 20.5. The van der Waals surface area contributed by atoms with E-state index in [1.807, 2.05) is 4.90 Å². The van der Waals surface area contributed by atoms with Crippen LogP contribution in [0, 0.1) is 0 Å². The fraction of sp³-hybridized carbons (Fsp3) is 0.652. The van der Waals surface area contributed by atoms with E-state index in [0.717, 1.165) is 38.5 Å². The Bertz CT molecular complexity index is 949. The average Bonchev–Trinajstić information content (AvgIpc) is 2.88. The summed E-state index contributed by atoms with van der Waals surface area (Å²) < 4.78 is 38.7. The first-order valence-corrected chi connectivity index (χ1v) is 13.3. The number of sulfonamides is 1. The first-order valence-electron chi connectivity index (χ1n) is 11.9. The van der Waals surface area contributed by atoms with Gasteiger partial charge in [-0.1, -0.05) is 6.42 Å². The molecular formula is C23H33N3O6S. The van der Waals surface area contributed by atoms with Gasteiger partial charge in [-0.3, -0.25) is 4.79 Å². The number of piperidine rings is 2. The van der Waals surface area contributed by atoms with Crippen LogP contribution in [0.5, 0.6) is 0 Å². The topological polar surface area (TPSA) is 96.5 Å². The fourth-order valence-corrected chi connectivity index (χ4v) is 6.16. The Morgan fingerprint density at radius 1 is 0.879 bits per heavy atom. The SMILES string of the molecule is O=C(OCC(=O)N1CCCCC1)c1cc(S(=O)(=O)N2CCCCC2)ccc1N1CCOCC1. The third-order valence-corrected chi connectivity index (χ3v) is 8.42. The largest absolute Gasteiger partial charge is 0.452 e. The zero-order valence-electron chi connectivity index (χ0n) is 19.0. The number of carbonyl (C=O) groups is 2. The maximum atomic E-state index is 13.2. The summed E-state index contributed by atoms with van der Waals surface area (Å²) in [5, 5.41) is 0. The molecule has 3 fully saturated rings. The molecule has 0 unspecified atom stereocenters. The van der Waals surface area contributed by atoms with Gasteiger partial charge in [0.15, 0.2) is 6.61 Å². The molecule has 1 amide bonds. The van der Waals surface area contributed by atoms with Gasteiger partial charge in [-0.15, -0.1) is 0 Å². The molecule has 0 spiro atoms. The Morgan fingerprint density at radius 3 is 2.18 bits per heavy atom. The molecule has 0 atom stereocenters. The smallest absolute Gasteiger partial charge is 0.340 e. The number of likely N-dealkylation sites (tertiary alicyclic amines) is 1. The molecule has 3 aliphatic heterocycles. The molecule has 3 heterocycles. The van der Waals surface area contributed by atoms with Crippen LogP contribution in [0.2, 0.25) is 0 Å². The minimum atomic E-state index is -3.71. The number of hydrogen-bond acceptors (Lipinski definition) is 7. The molecule has 0 aliphatic carbocycles. The van der Waals surface area contributed by atoms with Crippen LogP contribution in [0.4, 0.5) is 5.69 Å². The molecule has 0 radical (unpaired) electrons. The van der Waals surface area contributed by atoms with Gasteiger partial charge in [0.05, 0.1) is 29.4 Å². The zero-order valence-corrected chi connectivity index (χ0v) is 19.9. The lowest BCUT2D eigenvalue weighted by molar-refractivity contribution is -0.135. The highest BCUT2D eigenvalue weighted by Gasteiger charge is 2.29. The van der Waals surface area contributed by atoms with Gasteiger partial charge in [-0.25, -0.2) is 13.2 Å². The predicted molar refractivity (Wildman–Crippen MR) is 123 cm³/mol. The monoisotopic (exact) mass is 479 g/mol. The number of hydrogen-bond donors (Lipinski definition) is 0. The minimum absolute atomic E-state index is 0.0794. The van der Waals surface area contributed by atoms with Crippen molar-refractivity contribution in [3.8, 4) is 0 Å². The summed E-state index contributed by atoms with van der Waals surface area (Å²) in [6, 6.07) is 4.64. The van der Waals surface area contributed by atoms with Crippen molar-refractivity contribution in [3.63, 3.8) is 0 Å². The van der Waals surface area contributed by atoms with Gasteiger partial charge in [0.1, 0.15) is 0 Å². The second-order valence-electron chi connectivity index (χ2n) is 8.76. The number of ether oxygens (including phenoxy) is 2. The highest BCUT2D eigenvalue weighted by Crippen LogP contribution is 2.28. The second kappa shape index (κ2) is 10.8. The van der Waals surface area contributed by atoms with Crippen LogP contribution in [0.25, 0.3) is 0 Å². The molecule has 3 saturated heterocycles. The molecule has 0 aromatic heterocycles. The van der Waals surface area contributed by atoms with Crippen LogP contribution in [0.1, 0.15) is 48.9 Å². The maximum Gasteiger partial charge on any atom is 0.340 e. The Morgan fingerprint density at radius 2 is 1.52 bits per heavy atom. The first-order chi connectivity index (χ1) is 16.0. The van der Waals surface area contributed by atoms with Crippen molar-refractivity contribution in [3.05, 3.63) is 23.8 Å². The zero-order chi connectivity index (χ0) is 23.3. The average molecular weight is 480 g/mol. The summed E-state index contributed by atoms with van der Waals surface area (Å²) >= 11 is 0. The lowest BCUT2D eigenvalue weighted by Crippen LogP contribution is -2.39. The Labute approximate surface area is 195 Å². The molecule has 0 bridgehead atoms. The van der Waals surface area contributed by atoms with Gasteiger partial charge < -0.3 is 19.3 Å². The number of carbonyl (C=O) groups excluding carboxylic acids is 2. The molecule has 9 nitrogen and oxygen atoms in total. The molecular weight excluding hydrogens is 446 g/mol. The van der Waals surface area contributed by atoms with Gasteiger partial charge >= 0.3 is 5.97 Å². The van der Waals surface area contributed by atoms with Gasteiger partial charge in [-0.2, -0.15) is 4.31 Å². The first kappa shape index (κ1) is 24.0. The van der Waals surface area contributed by atoms with Crippen LogP contribution in [-0.2, 0) is 24.3 Å². The molecule has 182 valence electrons. The number of rotatable bonds is 6. The molecule has 0 N–H and O–H groups in total. The van der Waals surface area contributed by atoms with E-state index in [1.165, 1.54) is 10.4 Å². The molecule has 4 rings (SSSR count). The van der Waals surface area contributed by atoms with Crippen molar-refractivity contribution < 1.29 is 27.5 Å². The predicted octanol–water partition coefficient (Wildman–Crippen LogP) is 1.87. The van der Waals surface area contributed by atoms with Crippen molar-refractivity contribution >= 4 is 27.6 Å². The Kier molecular flexibility index (Phi) is 7.87. The number of esters is 1.